The monoisotopic (exact) mass is 1250 g/mol. The summed E-state index contributed by atoms with van der Waals surface area (Å²) in [5.74, 6) is -1.22. The molecule has 1 saturated heterocycles. The molecule has 1 aliphatic rings. The van der Waals surface area contributed by atoms with Gasteiger partial charge in [0.15, 0.2) is 12.4 Å². The standard InChI is InChI=1S/C79H131NO10/c1-4-7-10-13-16-19-22-25-27-29-31-33-35-36-37-38-39-41-43-45-47-49-52-55-58-61-64-67-74(84)90-77-76(86)75(85)73(68-81)89-79(77)88-69-70(71(82)65-62-59-56-53-50-24-21-18-15-12-9-6-3)80-78(87)72(83)66-63-60-57-54-51-48-46-44-42-40-34-32-30-28-26-23-20-17-14-11-8-5-2/h7-8,10-11,16-17,19-20,25-28,31-34,36-37,39,41-42,44,62,65,70-73,75-77,79,81-83,85-86H,4-6,9,12-15,18,21-24,29-30,35,38,40,43,45-61,63-64,66-69H2,1-3H3,(H,80,87)/b10-7-,11-8-,19-16-,20-17-,27-25-,28-26-,33-31-,34-32-,37-36-,41-39-,44-42-,65-62+. The first-order valence-corrected chi connectivity index (χ1v) is 36.1. The molecule has 1 aliphatic heterocycles. The van der Waals surface area contributed by atoms with Gasteiger partial charge in [0.1, 0.15) is 24.4 Å². The first-order valence-electron chi connectivity index (χ1n) is 36.1. The van der Waals surface area contributed by atoms with Crippen molar-refractivity contribution < 1.29 is 49.3 Å². The lowest BCUT2D eigenvalue weighted by molar-refractivity contribution is -0.305. The predicted octanol–water partition coefficient (Wildman–Crippen LogP) is 18.9. The first kappa shape index (κ1) is 83.6. The third-order valence-corrected chi connectivity index (χ3v) is 16.0. The molecular weight excluding hydrogens is 1120 g/mol. The van der Waals surface area contributed by atoms with Crippen LogP contribution in [0.15, 0.2) is 146 Å². The maximum atomic E-state index is 13.5. The van der Waals surface area contributed by atoms with Crippen molar-refractivity contribution in [3.63, 3.8) is 0 Å². The van der Waals surface area contributed by atoms with E-state index in [-0.39, 0.29) is 19.4 Å². The van der Waals surface area contributed by atoms with E-state index in [2.05, 4.69) is 160 Å². The smallest absolute Gasteiger partial charge is 0.306 e. The van der Waals surface area contributed by atoms with E-state index in [0.29, 0.717) is 12.8 Å². The van der Waals surface area contributed by atoms with Gasteiger partial charge in [0, 0.05) is 6.42 Å². The van der Waals surface area contributed by atoms with Crippen LogP contribution in [0.4, 0.5) is 0 Å². The Morgan fingerprint density at radius 1 is 0.444 bits per heavy atom. The molecule has 8 atom stereocenters. The number of rotatable bonds is 60. The highest BCUT2D eigenvalue weighted by atomic mass is 16.7. The lowest BCUT2D eigenvalue weighted by atomic mass is 9.99. The zero-order valence-electron chi connectivity index (χ0n) is 57.0. The van der Waals surface area contributed by atoms with Crippen molar-refractivity contribution in [2.75, 3.05) is 13.2 Å². The van der Waals surface area contributed by atoms with Crippen LogP contribution in [0, 0.1) is 0 Å². The summed E-state index contributed by atoms with van der Waals surface area (Å²) in [6.45, 7) is 5.56. The molecule has 11 heteroatoms. The lowest BCUT2D eigenvalue weighted by Gasteiger charge is -2.41. The summed E-state index contributed by atoms with van der Waals surface area (Å²) in [5, 5.41) is 57.3. The number of ether oxygens (including phenoxy) is 3. The van der Waals surface area contributed by atoms with Crippen LogP contribution >= 0.6 is 0 Å². The van der Waals surface area contributed by atoms with Gasteiger partial charge in [0.2, 0.25) is 5.91 Å². The largest absolute Gasteiger partial charge is 0.454 e. The topological polar surface area (TPSA) is 175 Å². The lowest BCUT2D eigenvalue weighted by Crippen LogP contribution is -2.61. The third kappa shape index (κ3) is 51.1. The van der Waals surface area contributed by atoms with E-state index in [1.807, 2.05) is 6.08 Å². The van der Waals surface area contributed by atoms with Gasteiger partial charge in [-0.15, -0.1) is 0 Å². The zero-order valence-corrected chi connectivity index (χ0v) is 57.0. The van der Waals surface area contributed by atoms with E-state index in [1.165, 1.54) is 64.2 Å². The minimum atomic E-state index is -1.63. The molecule has 90 heavy (non-hydrogen) atoms. The fourth-order valence-electron chi connectivity index (χ4n) is 10.4. The molecule has 0 spiro atoms. The highest BCUT2D eigenvalue weighted by molar-refractivity contribution is 5.80. The van der Waals surface area contributed by atoms with Gasteiger partial charge in [-0.05, 0) is 122 Å². The van der Waals surface area contributed by atoms with Crippen LogP contribution in [-0.4, -0.2) is 99.6 Å². The van der Waals surface area contributed by atoms with Gasteiger partial charge in [-0.2, -0.15) is 0 Å². The Kier molecular flexibility index (Phi) is 60.0. The van der Waals surface area contributed by atoms with Crippen molar-refractivity contribution in [1.29, 1.82) is 0 Å². The molecule has 0 radical (unpaired) electrons. The van der Waals surface area contributed by atoms with Gasteiger partial charge in [-0.3, -0.25) is 9.59 Å². The molecule has 0 bridgehead atoms. The second-order valence-corrected chi connectivity index (χ2v) is 24.2. The fourth-order valence-corrected chi connectivity index (χ4v) is 10.4. The van der Waals surface area contributed by atoms with Crippen molar-refractivity contribution >= 4 is 11.9 Å². The minimum Gasteiger partial charge on any atom is -0.454 e. The maximum absolute atomic E-state index is 13.5. The molecule has 8 unspecified atom stereocenters. The second kappa shape index (κ2) is 64.6. The number of esters is 1. The van der Waals surface area contributed by atoms with Crippen molar-refractivity contribution in [1.82, 2.24) is 5.32 Å². The quantitative estimate of drug-likeness (QED) is 0.0195. The summed E-state index contributed by atoms with van der Waals surface area (Å²) in [7, 11) is 0. The average Bonchev–Trinajstić information content (AvgIpc) is 3.71. The number of unbranched alkanes of at least 4 members (excludes halogenated alkanes) is 24. The Morgan fingerprint density at radius 2 is 0.800 bits per heavy atom. The number of carbonyl (C=O) groups excluding carboxylic acids is 2. The SMILES string of the molecule is CC/C=C\C/C=C\C/C=C\C/C=C\C/C=C\C/C=C\CCCCCCCCCCC(=O)OC1C(OCC(NC(=O)C(O)CCCCCCCC/C=C\C/C=C\C/C=C\C/C=C\C/C=C\CC)C(O)/C=C/CCCCCCCCCCCC)OC(CO)C(O)C1O. The number of nitrogens with one attached hydrogen (secondary N) is 1. The zero-order chi connectivity index (χ0) is 65.3. The number of amides is 1. The number of aliphatic hydroxyl groups is 5. The molecule has 0 saturated carbocycles. The number of hydrogen-bond donors (Lipinski definition) is 6. The Hall–Kier alpha value is -4.46. The van der Waals surface area contributed by atoms with E-state index < -0.39 is 67.4 Å². The molecule has 1 heterocycles. The van der Waals surface area contributed by atoms with E-state index >= 15 is 0 Å². The first-order chi connectivity index (χ1) is 44.2. The molecule has 0 aliphatic carbocycles. The van der Waals surface area contributed by atoms with Crippen molar-refractivity contribution in [3.05, 3.63) is 146 Å². The Bertz CT molecular complexity index is 2030. The highest BCUT2D eigenvalue weighted by Crippen LogP contribution is 2.26. The summed E-state index contributed by atoms with van der Waals surface area (Å²) in [6.07, 6.45) is 83.0. The number of carbonyl (C=O) groups is 2. The third-order valence-electron chi connectivity index (χ3n) is 16.0. The van der Waals surface area contributed by atoms with Gasteiger partial charge >= 0.3 is 5.97 Å². The van der Waals surface area contributed by atoms with Gasteiger partial charge < -0.3 is 45.1 Å². The van der Waals surface area contributed by atoms with Crippen molar-refractivity contribution in [2.45, 2.75) is 327 Å². The van der Waals surface area contributed by atoms with Gasteiger partial charge in [-0.25, -0.2) is 0 Å². The number of hydrogen-bond acceptors (Lipinski definition) is 10. The van der Waals surface area contributed by atoms with Crippen LogP contribution in [-0.2, 0) is 23.8 Å². The Balaban J connectivity index is 2.59. The summed E-state index contributed by atoms with van der Waals surface area (Å²) in [6, 6.07) is -1.04. The molecular formula is C79H131NO10. The minimum absolute atomic E-state index is 0.104. The van der Waals surface area contributed by atoms with Crippen LogP contribution in [0.25, 0.3) is 0 Å². The van der Waals surface area contributed by atoms with Crippen LogP contribution in [0.2, 0.25) is 0 Å². The molecule has 1 amide bonds. The fraction of sp³-hybridized carbons (Fsp3) is 0.671. The summed E-state index contributed by atoms with van der Waals surface area (Å²) in [5.41, 5.74) is 0. The van der Waals surface area contributed by atoms with Crippen LogP contribution < -0.4 is 5.32 Å². The van der Waals surface area contributed by atoms with E-state index in [1.54, 1.807) is 6.08 Å². The summed E-state index contributed by atoms with van der Waals surface area (Å²) >= 11 is 0. The van der Waals surface area contributed by atoms with E-state index in [4.69, 9.17) is 14.2 Å². The van der Waals surface area contributed by atoms with E-state index in [0.717, 1.165) is 167 Å². The van der Waals surface area contributed by atoms with Crippen LogP contribution in [0.1, 0.15) is 278 Å². The Morgan fingerprint density at radius 3 is 1.20 bits per heavy atom. The van der Waals surface area contributed by atoms with Gasteiger partial charge in [0.05, 0.1) is 25.4 Å². The van der Waals surface area contributed by atoms with Crippen molar-refractivity contribution in [2.24, 2.45) is 0 Å². The second-order valence-electron chi connectivity index (χ2n) is 24.2. The highest BCUT2D eigenvalue weighted by Gasteiger charge is 2.47. The maximum Gasteiger partial charge on any atom is 0.306 e. The molecule has 0 aromatic rings. The van der Waals surface area contributed by atoms with Crippen LogP contribution in [0.3, 0.4) is 0 Å². The predicted molar refractivity (Wildman–Crippen MR) is 379 cm³/mol. The summed E-state index contributed by atoms with van der Waals surface area (Å²) < 4.78 is 17.7. The average molecular weight is 1250 g/mol. The molecule has 0 aromatic carbocycles. The number of aliphatic hydroxyl groups excluding tert-OH is 5. The molecule has 1 rings (SSSR count). The molecule has 11 nitrogen and oxygen atoms in total. The normalized spacial score (nSPS) is 19.0. The van der Waals surface area contributed by atoms with E-state index in [9.17, 15) is 35.1 Å². The van der Waals surface area contributed by atoms with Crippen LogP contribution in [0.5, 0.6) is 0 Å². The molecule has 512 valence electrons. The molecule has 0 aromatic heterocycles. The van der Waals surface area contributed by atoms with Gasteiger partial charge in [0.25, 0.3) is 0 Å². The van der Waals surface area contributed by atoms with Crippen molar-refractivity contribution in [3.8, 4) is 0 Å². The summed E-state index contributed by atoms with van der Waals surface area (Å²) in [4.78, 5) is 26.7. The Labute approximate surface area is 549 Å². The van der Waals surface area contributed by atoms with Gasteiger partial charge in [-0.1, -0.05) is 295 Å². The molecule has 6 N–H and O–H groups in total. The molecule has 1 fully saturated rings. The number of allylic oxidation sites excluding steroid dienone is 23.